The summed E-state index contributed by atoms with van der Waals surface area (Å²) < 4.78 is 10.9. The number of carbonyl (C=O) groups is 1. The smallest absolute Gasteiger partial charge is 0.265 e. The van der Waals surface area contributed by atoms with Crippen LogP contribution in [0.3, 0.4) is 0 Å². The average Bonchev–Trinajstić information content (AvgIpc) is 2.53. The summed E-state index contributed by atoms with van der Waals surface area (Å²) in [5.41, 5.74) is 2.44. The fourth-order valence-electron chi connectivity index (χ4n) is 2.21. The standard InChI is InChI=1S/C18H20ClNO3/c1-11-9-14(10-12(2)17(11)19)23-13(3)18(21)20-15-7-5-6-8-16(15)22-4/h5-10,13H,1-4H3,(H,20,21). The summed E-state index contributed by atoms with van der Waals surface area (Å²) in [6, 6.07) is 10.9. The third-order valence-electron chi connectivity index (χ3n) is 3.46. The second-order valence-corrected chi connectivity index (χ2v) is 5.70. The molecule has 2 aromatic carbocycles. The van der Waals surface area contributed by atoms with Crippen molar-refractivity contribution in [1.29, 1.82) is 0 Å². The summed E-state index contributed by atoms with van der Waals surface area (Å²) >= 11 is 6.14. The topological polar surface area (TPSA) is 47.6 Å². The molecule has 0 aliphatic carbocycles. The molecule has 0 saturated carbocycles. The van der Waals surface area contributed by atoms with Gasteiger partial charge in [0.2, 0.25) is 0 Å². The monoisotopic (exact) mass is 333 g/mol. The summed E-state index contributed by atoms with van der Waals surface area (Å²) in [6.07, 6.45) is -0.653. The molecule has 0 aliphatic rings. The minimum atomic E-state index is -0.653. The molecule has 23 heavy (non-hydrogen) atoms. The first-order valence-electron chi connectivity index (χ1n) is 7.29. The number of hydrogen-bond donors (Lipinski definition) is 1. The first kappa shape index (κ1) is 17.2. The van der Waals surface area contributed by atoms with Gasteiger partial charge in [-0.05, 0) is 56.2 Å². The highest BCUT2D eigenvalue weighted by Crippen LogP contribution is 2.27. The van der Waals surface area contributed by atoms with Crippen LogP contribution in [0.25, 0.3) is 0 Å². The Balaban J connectivity index is 2.08. The van der Waals surface area contributed by atoms with Crippen LogP contribution in [0.15, 0.2) is 36.4 Å². The molecule has 5 heteroatoms. The molecular formula is C18H20ClNO3. The Hall–Kier alpha value is -2.20. The first-order valence-corrected chi connectivity index (χ1v) is 7.67. The molecule has 0 bridgehead atoms. The van der Waals surface area contributed by atoms with Gasteiger partial charge < -0.3 is 14.8 Å². The third-order valence-corrected chi connectivity index (χ3v) is 4.05. The summed E-state index contributed by atoms with van der Waals surface area (Å²) in [6.45, 7) is 5.51. The molecular weight excluding hydrogens is 314 g/mol. The van der Waals surface area contributed by atoms with Gasteiger partial charge in [-0.15, -0.1) is 0 Å². The molecule has 0 heterocycles. The molecule has 1 atom stereocenters. The number of nitrogens with one attached hydrogen (secondary N) is 1. The van der Waals surface area contributed by atoms with Gasteiger partial charge >= 0.3 is 0 Å². The van der Waals surface area contributed by atoms with Crippen molar-refractivity contribution in [2.24, 2.45) is 0 Å². The Morgan fingerprint density at radius 2 is 1.78 bits per heavy atom. The molecule has 0 aromatic heterocycles. The van der Waals surface area contributed by atoms with E-state index in [2.05, 4.69) is 5.32 Å². The summed E-state index contributed by atoms with van der Waals surface area (Å²) in [4.78, 5) is 12.3. The van der Waals surface area contributed by atoms with Gasteiger partial charge in [0.1, 0.15) is 11.5 Å². The highest BCUT2D eigenvalue weighted by Gasteiger charge is 2.17. The zero-order chi connectivity index (χ0) is 17.0. The van der Waals surface area contributed by atoms with Gasteiger partial charge in [0.05, 0.1) is 12.8 Å². The van der Waals surface area contributed by atoms with Crippen molar-refractivity contribution in [2.75, 3.05) is 12.4 Å². The van der Waals surface area contributed by atoms with Gasteiger partial charge in [-0.25, -0.2) is 0 Å². The number of halogens is 1. The molecule has 1 amide bonds. The van der Waals surface area contributed by atoms with Crippen molar-refractivity contribution < 1.29 is 14.3 Å². The lowest BCUT2D eigenvalue weighted by molar-refractivity contribution is -0.122. The van der Waals surface area contributed by atoms with E-state index in [1.165, 1.54) is 0 Å². The molecule has 2 aromatic rings. The zero-order valence-corrected chi connectivity index (χ0v) is 14.4. The number of amides is 1. The number of methoxy groups -OCH3 is 1. The number of rotatable bonds is 5. The van der Waals surface area contributed by atoms with Crippen LogP contribution >= 0.6 is 11.6 Å². The quantitative estimate of drug-likeness (QED) is 0.883. The Morgan fingerprint density at radius 3 is 2.39 bits per heavy atom. The van der Waals surface area contributed by atoms with Gasteiger partial charge in [0, 0.05) is 5.02 Å². The molecule has 2 rings (SSSR count). The normalized spacial score (nSPS) is 11.7. The molecule has 0 spiro atoms. The van der Waals surface area contributed by atoms with Crippen LogP contribution in [0.2, 0.25) is 5.02 Å². The number of para-hydroxylation sites is 2. The van der Waals surface area contributed by atoms with Gasteiger partial charge in [-0.1, -0.05) is 23.7 Å². The predicted octanol–water partition coefficient (Wildman–Crippen LogP) is 4.37. The fourth-order valence-corrected chi connectivity index (χ4v) is 2.32. The number of aryl methyl sites for hydroxylation is 2. The number of carbonyl (C=O) groups excluding carboxylic acids is 1. The van der Waals surface area contributed by atoms with E-state index < -0.39 is 6.10 Å². The van der Waals surface area contributed by atoms with Crippen LogP contribution < -0.4 is 14.8 Å². The van der Waals surface area contributed by atoms with Gasteiger partial charge in [-0.3, -0.25) is 4.79 Å². The molecule has 1 N–H and O–H groups in total. The summed E-state index contributed by atoms with van der Waals surface area (Å²) in [7, 11) is 1.56. The van der Waals surface area contributed by atoms with Crippen molar-refractivity contribution in [3.05, 3.63) is 52.5 Å². The van der Waals surface area contributed by atoms with Gasteiger partial charge in [0.25, 0.3) is 5.91 Å². The van der Waals surface area contributed by atoms with E-state index in [-0.39, 0.29) is 5.91 Å². The molecule has 4 nitrogen and oxygen atoms in total. The van der Waals surface area contributed by atoms with Crippen LogP contribution in [-0.4, -0.2) is 19.1 Å². The van der Waals surface area contributed by atoms with Crippen LogP contribution in [0, 0.1) is 13.8 Å². The van der Waals surface area contributed by atoms with Crippen molar-refractivity contribution in [3.63, 3.8) is 0 Å². The van der Waals surface area contributed by atoms with E-state index in [0.717, 1.165) is 11.1 Å². The molecule has 122 valence electrons. The van der Waals surface area contributed by atoms with E-state index in [0.29, 0.717) is 22.2 Å². The van der Waals surface area contributed by atoms with Crippen LogP contribution in [0.5, 0.6) is 11.5 Å². The Morgan fingerprint density at radius 1 is 1.17 bits per heavy atom. The Bertz CT molecular complexity index is 692. The lowest BCUT2D eigenvalue weighted by Crippen LogP contribution is -2.30. The van der Waals surface area contributed by atoms with Crippen LogP contribution in [-0.2, 0) is 4.79 Å². The maximum Gasteiger partial charge on any atom is 0.265 e. The predicted molar refractivity (Wildman–Crippen MR) is 92.6 cm³/mol. The van der Waals surface area contributed by atoms with E-state index in [1.54, 1.807) is 26.2 Å². The molecule has 0 aliphatic heterocycles. The maximum atomic E-state index is 12.3. The summed E-state index contributed by atoms with van der Waals surface area (Å²) in [5, 5.41) is 3.52. The SMILES string of the molecule is COc1ccccc1NC(=O)C(C)Oc1cc(C)c(Cl)c(C)c1. The van der Waals surface area contributed by atoms with Gasteiger partial charge in [0.15, 0.2) is 6.10 Å². The van der Waals surface area contributed by atoms with Crippen molar-refractivity contribution in [2.45, 2.75) is 26.9 Å². The molecule has 0 radical (unpaired) electrons. The number of hydrogen-bond acceptors (Lipinski definition) is 3. The largest absolute Gasteiger partial charge is 0.495 e. The van der Waals surface area contributed by atoms with Crippen molar-refractivity contribution in [3.8, 4) is 11.5 Å². The first-order chi connectivity index (χ1) is 10.9. The Labute approximate surface area is 141 Å². The van der Waals surface area contributed by atoms with Crippen molar-refractivity contribution in [1.82, 2.24) is 0 Å². The minimum absolute atomic E-state index is 0.250. The minimum Gasteiger partial charge on any atom is -0.495 e. The fraction of sp³-hybridized carbons (Fsp3) is 0.278. The van der Waals surface area contributed by atoms with Crippen molar-refractivity contribution >= 4 is 23.2 Å². The number of anilines is 1. The van der Waals surface area contributed by atoms with Crippen LogP contribution in [0.1, 0.15) is 18.1 Å². The van der Waals surface area contributed by atoms with Crippen LogP contribution in [0.4, 0.5) is 5.69 Å². The highest BCUT2D eigenvalue weighted by molar-refractivity contribution is 6.32. The van der Waals surface area contributed by atoms with E-state index in [4.69, 9.17) is 21.1 Å². The van der Waals surface area contributed by atoms with E-state index in [9.17, 15) is 4.79 Å². The Kier molecular flexibility index (Phi) is 5.50. The molecule has 1 unspecified atom stereocenters. The number of benzene rings is 2. The van der Waals surface area contributed by atoms with E-state index in [1.807, 2.05) is 38.1 Å². The second kappa shape index (κ2) is 7.38. The molecule has 0 fully saturated rings. The lowest BCUT2D eigenvalue weighted by Gasteiger charge is -2.17. The summed E-state index contributed by atoms with van der Waals surface area (Å²) in [5.74, 6) is 0.970. The lowest BCUT2D eigenvalue weighted by atomic mass is 10.1. The van der Waals surface area contributed by atoms with Gasteiger partial charge in [-0.2, -0.15) is 0 Å². The number of ether oxygens (including phenoxy) is 2. The van der Waals surface area contributed by atoms with E-state index >= 15 is 0 Å². The second-order valence-electron chi connectivity index (χ2n) is 5.32. The third kappa shape index (κ3) is 4.17. The zero-order valence-electron chi connectivity index (χ0n) is 13.6. The highest BCUT2D eigenvalue weighted by atomic mass is 35.5. The molecule has 0 saturated heterocycles. The maximum absolute atomic E-state index is 12.3. The average molecular weight is 334 g/mol.